The zero-order valence-corrected chi connectivity index (χ0v) is 14.8. The third-order valence-corrected chi connectivity index (χ3v) is 4.96. The molecule has 0 bridgehead atoms. The number of carbonyl (C=O) groups excluding carboxylic acids is 1. The number of nitrogens with zero attached hydrogens (tertiary/aromatic N) is 3. The van der Waals surface area contributed by atoms with Gasteiger partial charge < -0.3 is 4.90 Å². The number of para-hydroxylation sites is 1. The summed E-state index contributed by atoms with van der Waals surface area (Å²) in [5, 5.41) is 0.589. The summed E-state index contributed by atoms with van der Waals surface area (Å²) < 4.78 is 1.59. The van der Waals surface area contributed by atoms with Gasteiger partial charge in [-0.3, -0.25) is 14.2 Å². The molecule has 26 heavy (non-hydrogen) atoms. The van der Waals surface area contributed by atoms with Crippen molar-refractivity contribution in [1.82, 2.24) is 14.5 Å². The summed E-state index contributed by atoms with van der Waals surface area (Å²) in [6, 6.07) is 14.6. The third-order valence-electron chi connectivity index (χ3n) is 4.96. The number of likely N-dealkylation sites (tertiary alicyclic amines) is 1. The van der Waals surface area contributed by atoms with Crippen LogP contribution in [0.15, 0.2) is 53.3 Å². The lowest BCUT2D eigenvalue weighted by atomic mass is 10.1. The molecule has 1 aliphatic rings. The van der Waals surface area contributed by atoms with Crippen LogP contribution in [0.25, 0.3) is 16.6 Å². The van der Waals surface area contributed by atoms with Crippen molar-refractivity contribution in [3.8, 4) is 5.69 Å². The summed E-state index contributed by atoms with van der Waals surface area (Å²) in [7, 11) is 0. The molecule has 1 amide bonds. The van der Waals surface area contributed by atoms with Gasteiger partial charge >= 0.3 is 0 Å². The Kier molecular flexibility index (Phi) is 4.29. The Morgan fingerprint density at radius 1 is 0.962 bits per heavy atom. The van der Waals surface area contributed by atoms with Crippen molar-refractivity contribution < 1.29 is 4.79 Å². The summed E-state index contributed by atoms with van der Waals surface area (Å²) in [6.45, 7) is 3.47. The second-order valence-electron chi connectivity index (χ2n) is 6.72. The van der Waals surface area contributed by atoms with Crippen LogP contribution in [0, 0.1) is 6.92 Å². The molecule has 0 unspecified atom stereocenters. The molecule has 1 fully saturated rings. The number of benzene rings is 2. The highest BCUT2D eigenvalue weighted by Crippen LogP contribution is 2.16. The number of rotatable bonds is 2. The van der Waals surface area contributed by atoms with Crippen molar-refractivity contribution in [2.75, 3.05) is 13.1 Å². The highest BCUT2D eigenvalue weighted by molar-refractivity contribution is 5.94. The molecule has 132 valence electrons. The van der Waals surface area contributed by atoms with E-state index in [4.69, 9.17) is 0 Å². The lowest BCUT2D eigenvalue weighted by Crippen LogP contribution is -2.35. The van der Waals surface area contributed by atoms with Gasteiger partial charge in [0.25, 0.3) is 11.5 Å². The van der Waals surface area contributed by atoms with Crippen molar-refractivity contribution >= 4 is 16.8 Å². The Morgan fingerprint density at radius 3 is 2.38 bits per heavy atom. The second-order valence-corrected chi connectivity index (χ2v) is 6.72. The van der Waals surface area contributed by atoms with Gasteiger partial charge in [-0.05, 0) is 62.6 Å². The maximum Gasteiger partial charge on any atom is 0.265 e. The lowest BCUT2D eigenvalue weighted by Gasteiger charge is -2.26. The molecular formula is C21H21N3O2. The topological polar surface area (TPSA) is 55.2 Å². The van der Waals surface area contributed by atoms with Crippen LogP contribution >= 0.6 is 0 Å². The summed E-state index contributed by atoms with van der Waals surface area (Å²) in [5.41, 5.74) is 1.99. The predicted octanol–water partition coefficient (Wildman–Crippen LogP) is 3.32. The Hall–Kier alpha value is -2.95. The van der Waals surface area contributed by atoms with Crippen molar-refractivity contribution in [2.24, 2.45) is 0 Å². The molecular weight excluding hydrogens is 326 g/mol. The molecule has 2 aromatic carbocycles. The monoisotopic (exact) mass is 347 g/mol. The molecule has 4 rings (SSSR count). The standard InChI is InChI=1S/C21H21N3O2/c1-15-22-19-8-4-3-7-18(19)21(26)24(15)17-11-9-16(10-12-17)20(25)23-13-5-2-6-14-23/h3-4,7-12H,2,5-6,13-14H2,1H3. The second kappa shape index (κ2) is 6.75. The number of hydrogen-bond acceptors (Lipinski definition) is 3. The number of hydrogen-bond donors (Lipinski definition) is 0. The fourth-order valence-electron chi connectivity index (χ4n) is 3.58. The first-order chi connectivity index (χ1) is 12.6. The van der Waals surface area contributed by atoms with Gasteiger partial charge in [0, 0.05) is 18.7 Å². The first kappa shape index (κ1) is 16.5. The van der Waals surface area contributed by atoms with E-state index in [-0.39, 0.29) is 11.5 Å². The number of fused-ring (bicyclic) bond motifs is 1. The normalized spacial score (nSPS) is 14.6. The molecule has 0 atom stereocenters. The van der Waals surface area contributed by atoms with Gasteiger partial charge in [0.1, 0.15) is 5.82 Å². The molecule has 1 aliphatic heterocycles. The van der Waals surface area contributed by atoms with Gasteiger partial charge in [-0.25, -0.2) is 4.98 Å². The van der Waals surface area contributed by atoms with E-state index in [1.165, 1.54) is 6.42 Å². The summed E-state index contributed by atoms with van der Waals surface area (Å²) in [6.07, 6.45) is 3.34. The minimum Gasteiger partial charge on any atom is -0.339 e. The van der Waals surface area contributed by atoms with Crippen LogP contribution in [0.3, 0.4) is 0 Å². The minimum atomic E-state index is -0.0943. The van der Waals surface area contributed by atoms with E-state index in [1.807, 2.05) is 42.2 Å². The first-order valence-electron chi connectivity index (χ1n) is 9.03. The molecule has 0 saturated carbocycles. The Bertz CT molecular complexity index is 1020. The summed E-state index contributed by atoms with van der Waals surface area (Å²) in [4.78, 5) is 31.9. The van der Waals surface area contributed by atoms with Crippen molar-refractivity contribution in [1.29, 1.82) is 0 Å². The summed E-state index contributed by atoms with van der Waals surface area (Å²) >= 11 is 0. The van der Waals surface area contributed by atoms with E-state index in [9.17, 15) is 9.59 Å². The fourth-order valence-corrected chi connectivity index (χ4v) is 3.58. The third kappa shape index (κ3) is 2.90. The highest BCUT2D eigenvalue weighted by atomic mass is 16.2. The average Bonchev–Trinajstić information content (AvgIpc) is 2.69. The number of aromatic nitrogens is 2. The van der Waals surface area contributed by atoms with E-state index in [0.717, 1.165) is 31.6 Å². The Morgan fingerprint density at radius 2 is 1.65 bits per heavy atom. The van der Waals surface area contributed by atoms with Crippen LogP contribution in [-0.2, 0) is 0 Å². The van der Waals surface area contributed by atoms with Crippen LogP contribution in [0.1, 0.15) is 35.4 Å². The van der Waals surface area contributed by atoms with Crippen LogP contribution in [0.5, 0.6) is 0 Å². The van der Waals surface area contributed by atoms with Gasteiger partial charge in [-0.15, -0.1) is 0 Å². The van der Waals surface area contributed by atoms with E-state index < -0.39 is 0 Å². The molecule has 0 aliphatic carbocycles. The summed E-state index contributed by atoms with van der Waals surface area (Å²) in [5.74, 6) is 0.695. The average molecular weight is 347 g/mol. The number of aryl methyl sites for hydroxylation is 1. The quantitative estimate of drug-likeness (QED) is 0.714. The van der Waals surface area contributed by atoms with Crippen LogP contribution in [0.4, 0.5) is 0 Å². The maximum absolute atomic E-state index is 12.9. The Labute approximate surface area is 151 Å². The van der Waals surface area contributed by atoms with E-state index >= 15 is 0 Å². The highest BCUT2D eigenvalue weighted by Gasteiger charge is 2.18. The van der Waals surface area contributed by atoms with Gasteiger partial charge in [0.15, 0.2) is 0 Å². The molecule has 1 aromatic heterocycles. The zero-order chi connectivity index (χ0) is 18.1. The molecule has 5 nitrogen and oxygen atoms in total. The molecule has 1 saturated heterocycles. The molecule has 0 N–H and O–H groups in total. The maximum atomic E-state index is 12.9. The molecule has 0 spiro atoms. The molecule has 3 aromatic rings. The lowest BCUT2D eigenvalue weighted by molar-refractivity contribution is 0.0724. The smallest absolute Gasteiger partial charge is 0.265 e. The van der Waals surface area contributed by atoms with Gasteiger partial charge in [0.2, 0.25) is 0 Å². The largest absolute Gasteiger partial charge is 0.339 e. The molecule has 2 heterocycles. The molecule has 0 radical (unpaired) electrons. The van der Waals surface area contributed by atoms with Crippen molar-refractivity contribution in [2.45, 2.75) is 26.2 Å². The SMILES string of the molecule is Cc1nc2ccccc2c(=O)n1-c1ccc(C(=O)N2CCCCC2)cc1. The van der Waals surface area contributed by atoms with Crippen LogP contribution in [0.2, 0.25) is 0 Å². The zero-order valence-electron chi connectivity index (χ0n) is 14.8. The fraction of sp³-hybridized carbons (Fsp3) is 0.286. The van der Waals surface area contributed by atoms with Crippen molar-refractivity contribution in [3.63, 3.8) is 0 Å². The van der Waals surface area contributed by atoms with Crippen LogP contribution in [-0.4, -0.2) is 33.4 Å². The van der Waals surface area contributed by atoms with Gasteiger partial charge in [-0.2, -0.15) is 0 Å². The predicted molar refractivity (Wildman–Crippen MR) is 102 cm³/mol. The number of carbonyl (C=O) groups is 1. The number of amides is 1. The molecule has 5 heteroatoms. The van der Waals surface area contributed by atoms with Crippen molar-refractivity contribution in [3.05, 3.63) is 70.3 Å². The van der Waals surface area contributed by atoms with E-state index in [0.29, 0.717) is 22.3 Å². The Balaban J connectivity index is 1.70. The van der Waals surface area contributed by atoms with E-state index in [1.54, 1.807) is 22.8 Å². The van der Waals surface area contributed by atoms with Crippen LogP contribution < -0.4 is 5.56 Å². The number of piperidine rings is 1. The van der Waals surface area contributed by atoms with Gasteiger partial charge in [-0.1, -0.05) is 12.1 Å². The van der Waals surface area contributed by atoms with E-state index in [2.05, 4.69) is 4.98 Å². The first-order valence-corrected chi connectivity index (χ1v) is 9.03. The minimum absolute atomic E-state index is 0.0666. The van der Waals surface area contributed by atoms with Gasteiger partial charge in [0.05, 0.1) is 16.6 Å².